The molecule has 0 bridgehead atoms. The van der Waals surface area contributed by atoms with Crippen LogP contribution in [0.3, 0.4) is 0 Å². The van der Waals surface area contributed by atoms with Crippen molar-refractivity contribution in [1.29, 1.82) is 0 Å². The highest BCUT2D eigenvalue weighted by Crippen LogP contribution is 3.02. The third kappa shape index (κ3) is 4.32. The Hall–Kier alpha value is -1.36. The van der Waals surface area contributed by atoms with E-state index in [1.165, 1.54) is 12.1 Å². The first-order chi connectivity index (χ1) is 9.85. The summed E-state index contributed by atoms with van der Waals surface area (Å²) in [5.41, 5.74) is 0.198. The van der Waals surface area contributed by atoms with Crippen LogP contribution in [0.1, 0.15) is 10.4 Å². The normalized spacial score (nSPS) is 14.8. The van der Waals surface area contributed by atoms with Gasteiger partial charge in [0.1, 0.15) is 10.6 Å². The van der Waals surface area contributed by atoms with Gasteiger partial charge in [-0.25, -0.2) is 4.79 Å². The van der Waals surface area contributed by atoms with E-state index in [4.69, 9.17) is 4.74 Å². The molecule has 0 N–H and O–H groups in total. The van der Waals surface area contributed by atoms with Crippen LogP contribution in [0.5, 0.6) is 5.75 Å². The number of rotatable bonds is 3. The Balaban J connectivity index is 2.21. The predicted octanol–water partition coefficient (Wildman–Crippen LogP) is 6.17. The van der Waals surface area contributed by atoms with E-state index in [0.717, 1.165) is 3.57 Å². The summed E-state index contributed by atoms with van der Waals surface area (Å²) in [5.74, 6) is -1.05. The van der Waals surface area contributed by atoms with Gasteiger partial charge in [0.2, 0.25) is 0 Å². The van der Waals surface area contributed by atoms with E-state index in [2.05, 4.69) is 0 Å². The van der Waals surface area contributed by atoms with Gasteiger partial charge in [-0.3, -0.25) is 0 Å². The van der Waals surface area contributed by atoms with Crippen LogP contribution < -0.4 is 4.74 Å². The molecule has 0 amide bonds. The molecule has 0 fully saturated rings. The number of carbonyl (C=O) groups is 1. The molecule has 0 heterocycles. The second kappa shape index (κ2) is 4.82. The third-order valence-electron chi connectivity index (χ3n) is 2.54. The molecule has 9 heteroatoms. The van der Waals surface area contributed by atoms with Crippen molar-refractivity contribution in [1.82, 2.24) is 0 Å². The fraction of sp³-hybridized carbons (Fsp3) is 0. The number of carbonyl (C=O) groups excluding carboxylic acids is 1. The number of esters is 1. The molecule has 0 atom stereocenters. The lowest BCUT2D eigenvalue weighted by Gasteiger charge is -2.40. The van der Waals surface area contributed by atoms with Gasteiger partial charge in [0, 0.05) is 3.57 Å². The second-order valence-corrected chi connectivity index (χ2v) is 8.00. The van der Waals surface area contributed by atoms with Crippen molar-refractivity contribution in [2.75, 3.05) is 0 Å². The number of hydrogen-bond donors (Lipinski definition) is 0. The summed E-state index contributed by atoms with van der Waals surface area (Å²) in [6.07, 6.45) is 0. The number of benzene rings is 2. The van der Waals surface area contributed by atoms with Gasteiger partial charge in [0.05, 0.1) is 5.56 Å². The summed E-state index contributed by atoms with van der Waals surface area (Å²) in [7, 11) is -9.71. The summed E-state index contributed by atoms with van der Waals surface area (Å²) in [4.78, 5) is 9.75. The van der Waals surface area contributed by atoms with Crippen LogP contribution in [-0.4, -0.2) is 5.97 Å². The summed E-state index contributed by atoms with van der Waals surface area (Å²) < 4.78 is 68.3. The first kappa shape index (κ1) is 17.0. The van der Waals surface area contributed by atoms with Crippen LogP contribution in [0, 0.1) is 3.57 Å². The molecule has 0 aliphatic rings. The number of hydrogen-bond acceptors (Lipinski definition) is 2. The van der Waals surface area contributed by atoms with Gasteiger partial charge in [-0.15, -0.1) is 0 Å². The first-order valence-corrected chi connectivity index (χ1v) is 8.70. The molecule has 0 aliphatic heterocycles. The fourth-order valence-electron chi connectivity index (χ4n) is 1.55. The van der Waals surface area contributed by atoms with Crippen molar-refractivity contribution in [2.45, 2.75) is 4.90 Å². The smallest absolute Gasteiger partial charge is 0.343 e. The zero-order valence-corrected chi connectivity index (χ0v) is 13.6. The third-order valence-corrected chi connectivity index (χ3v) is 4.37. The zero-order chi connectivity index (χ0) is 16.7. The lowest BCUT2D eigenvalue weighted by atomic mass is 10.2. The quantitative estimate of drug-likeness (QED) is 0.242. The van der Waals surface area contributed by atoms with E-state index in [-0.39, 0.29) is 23.4 Å². The molecular formula is C13H8F5IO2S. The Labute approximate surface area is 136 Å². The molecular weight excluding hydrogens is 442 g/mol. The summed E-state index contributed by atoms with van der Waals surface area (Å²) in [6.45, 7) is 0. The van der Waals surface area contributed by atoms with Gasteiger partial charge in [-0.05, 0) is 65.1 Å². The first-order valence-electron chi connectivity index (χ1n) is 5.67. The molecule has 0 radical (unpaired) electrons. The van der Waals surface area contributed by atoms with Gasteiger partial charge < -0.3 is 4.74 Å². The zero-order valence-electron chi connectivity index (χ0n) is 10.6. The SMILES string of the molecule is O=C(Oc1ccc(S(F)(F)(F)(F)F)cc1)c1cccc(I)c1. The van der Waals surface area contributed by atoms with Crippen LogP contribution >= 0.6 is 32.8 Å². The van der Waals surface area contributed by atoms with Crippen molar-refractivity contribution in [2.24, 2.45) is 0 Å². The predicted molar refractivity (Wildman–Crippen MR) is 82.0 cm³/mol. The maximum absolute atomic E-state index is 12.5. The van der Waals surface area contributed by atoms with Gasteiger partial charge in [-0.2, -0.15) is 0 Å². The Morgan fingerprint density at radius 2 is 1.55 bits per heavy atom. The molecule has 0 saturated heterocycles. The molecule has 2 aromatic rings. The maximum Gasteiger partial charge on any atom is 0.343 e. The highest BCUT2D eigenvalue weighted by atomic mass is 127. The molecule has 0 unspecified atom stereocenters. The molecule has 22 heavy (non-hydrogen) atoms. The van der Waals surface area contributed by atoms with E-state index in [0.29, 0.717) is 12.1 Å². The lowest BCUT2D eigenvalue weighted by Crippen LogP contribution is -2.09. The summed E-state index contributed by atoms with van der Waals surface area (Å²) in [5, 5.41) is 0. The van der Waals surface area contributed by atoms with Crippen molar-refractivity contribution < 1.29 is 29.0 Å². The van der Waals surface area contributed by atoms with Crippen LogP contribution in [0.25, 0.3) is 0 Å². The average molecular weight is 450 g/mol. The minimum atomic E-state index is -9.71. The minimum Gasteiger partial charge on any atom is -0.423 e. The lowest BCUT2D eigenvalue weighted by molar-refractivity contribution is 0.0734. The second-order valence-electron chi connectivity index (χ2n) is 4.34. The topological polar surface area (TPSA) is 26.3 Å². The minimum absolute atomic E-state index is 0.193. The molecule has 0 aromatic heterocycles. The highest BCUT2D eigenvalue weighted by Gasteiger charge is 2.65. The molecule has 0 spiro atoms. The van der Waals surface area contributed by atoms with Gasteiger partial charge in [-0.1, -0.05) is 25.5 Å². The Kier molecular flexibility index (Phi) is 3.72. The molecule has 0 aliphatic carbocycles. The highest BCUT2D eigenvalue weighted by molar-refractivity contribution is 14.1. The summed E-state index contributed by atoms with van der Waals surface area (Å²) in [6, 6.07) is 8.08. The van der Waals surface area contributed by atoms with Crippen LogP contribution in [0.2, 0.25) is 0 Å². The van der Waals surface area contributed by atoms with Crippen molar-refractivity contribution >= 4 is 38.8 Å². The van der Waals surface area contributed by atoms with Gasteiger partial charge >= 0.3 is 16.2 Å². The Morgan fingerprint density at radius 3 is 2.05 bits per heavy atom. The van der Waals surface area contributed by atoms with Gasteiger partial charge in [0.25, 0.3) is 0 Å². The number of halogens is 6. The standard InChI is InChI=1S/C13H8F5IO2S/c14-22(15,16,17,18)12-6-4-11(5-7-12)21-13(20)9-2-1-3-10(19)8-9/h1-8H. The van der Waals surface area contributed by atoms with E-state index in [1.807, 2.05) is 22.6 Å². The monoisotopic (exact) mass is 450 g/mol. The van der Waals surface area contributed by atoms with Crippen molar-refractivity contribution in [3.05, 3.63) is 57.7 Å². The fourth-order valence-corrected chi connectivity index (χ4v) is 2.74. The maximum atomic E-state index is 12.5. The van der Waals surface area contributed by atoms with Crippen molar-refractivity contribution in [3.63, 3.8) is 0 Å². The largest absolute Gasteiger partial charge is 0.423 e. The molecule has 0 saturated carbocycles. The molecule has 2 rings (SSSR count). The average Bonchev–Trinajstić information content (AvgIpc) is 2.36. The van der Waals surface area contributed by atoms with E-state index >= 15 is 0 Å². The van der Waals surface area contributed by atoms with Crippen molar-refractivity contribution in [3.8, 4) is 5.75 Å². The molecule has 2 nitrogen and oxygen atoms in total. The van der Waals surface area contributed by atoms with Crippen LogP contribution in [-0.2, 0) is 0 Å². The van der Waals surface area contributed by atoms with E-state index in [1.54, 1.807) is 12.1 Å². The van der Waals surface area contributed by atoms with Crippen LogP contribution in [0.15, 0.2) is 53.4 Å². The number of ether oxygens (including phenoxy) is 1. The molecule has 2 aromatic carbocycles. The Morgan fingerprint density at radius 1 is 0.955 bits per heavy atom. The van der Waals surface area contributed by atoms with E-state index in [9.17, 15) is 24.2 Å². The van der Waals surface area contributed by atoms with Crippen LogP contribution in [0.4, 0.5) is 19.4 Å². The Bertz CT molecular complexity index is 728. The molecule has 120 valence electrons. The van der Waals surface area contributed by atoms with Gasteiger partial charge in [0.15, 0.2) is 0 Å². The van der Waals surface area contributed by atoms with E-state index < -0.39 is 21.1 Å². The summed E-state index contributed by atoms with van der Waals surface area (Å²) >= 11 is 1.97.